The maximum atomic E-state index is 13.7. The number of rotatable bonds is 6. The van der Waals surface area contributed by atoms with Crippen molar-refractivity contribution in [2.75, 3.05) is 11.5 Å². The minimum atomic E-state index is -0.869. The van der Waals surface area contributed by atoms with Crippen LogP contribution in [0.3, 0.4) is 0 Å². The van der Waals surface area contributed by atoms with Crippen molar-refractivity contribution in [2.24, 2.45) is 0 Å². The molecular weight excluding hydrogens is 506 g/mol. The first-order valence-corrected chi connectivity index (χ1v) is 11.8. The van der Waals surface area contributed by atoms with Crippen LogP contribution in [0.4, 0.5) is 14.9 Å². The molecule has 4 amide bonds. The number of halogens is 3. The number of urea groups is 1. The molecule has 1 saturated heterocycles. The molecule has 0 atom stereocenters. The van der Waals surface area contributed by atoms with Crippen LogP contribution in [0, 0.1) is 12.7 Å². The molecule has 3 aromatic carbocycles. The predicted octanol–water partition coefficient (Wildman–Crippen LogP) is 6.10. The number of amides is 4. The smallest absolute Gasteiger partial charge is 0.335 e. The van der Waals surface area contributed by atoms with Crippen LogP contribution in [0.15, 0.2) is 60.2 Å². The summed E-state index contributed by atoms with van der Waals surface area (Å²) in [5, 5.41) is 2.89. The second-order valence-electron chi connectivity index (χ2n) is 8.06. The van der Waals surface area contributed by atoms with Crippen LogP contribution in [0.1, 0.15) is 29.2 Å². The molecule has 184 valence electrons. The highest BCUT2D eigenvalue weighted by atomic mass is 35.5. The summed E-state index contributed by atoms with van der Waals surface area (Å²) in [4.78, 5) is 39.3. The SMILES string of the molecule is CCOc1cc(/C=C2\C(=O)NC(=O)N(c3cccc(Cl)c3C)C2=O)cc(Cl)c1Cc1cccc(F)c1. The molecule has 0 unspecified atom stereocenters. The Bertz CT molecular complexity index is 1420. The van der Waals surface area contributed by atoms with E-state index in [0.29, 0.717) is 51.1 Å². The number of carbonyl (C=O) groups excluding carboxylic acids is 3. The molecular formula is C27H21Cl2FN2O4. The van der Waals surface area contributed by atoms with Gasteiger partial charge in [-0.15, -0.1) is 0 Å². The highest BCUT2D eigenvalue weighted by Gasteiger charge is 2.37. The minimum Gasteiger partial charge on any atom is -0.494 e. The first-order chi connectivity index (χ1) is 17.2. The van der Waals surface area contributed by atoms with Gasteiger partial charge in [0.05, 0.1) is 12.3 Å². The summed E-state index contributed by atoms with van der Waals surface area (Å²) >= 11 is 12.7. The van der Waals surface area contributed by atoms with Crippen LogP contribution in [0.2, 0.25) is 10.0 Å². The van der Waals surface area contributed by atoms with Gasteiger partial charge in [-0.1, -0.05) is 41.4 Å². The average molecular weight is 527 g/mol. The van der Waals surface area contributed by atoms with Crippen molar-refractivity contribution in [1.29, 1.82) is 0 Å². The highest BCUT2D eigenvalue weighted by Crippen LogP contribution is 2.33. The quantitative estimate of drug-likeness (QED) is 0.311. The Labute approximate surface area is 217 Å². The Kier molecular flexibility index (Phi) is 7.43. The lowest BCUT2D eigenvalue weighted by Crippen LogP contribution is -2.54. The fourth-order valence-electron chi connectivity index (χ4n) is 3.90. The number of anilines is 1. The summed E-state index contributed by atoms with van der Waals surface area (Å²) in [6, 6.07) is 13.3. The van der Waals surface area contributed by atoms with Gasteiger partial charge < -0.3 is 4.74 Å². The van der Waals surface area contributed by atoms with Gasteiger partial charge in [0.1, 0.15) is 17.1 Å². The molecule has 1 heterocycles. The van der Waals surface area contributed by atoms with Crippen LogP contribution in [-0.4, -0.2) is 24.5 Å². The van der Waals surface area contributed by atoms with E-state index in [1.54, 1.807) is 56.3 Å². The van der Waals surface area contributed by atoms with Crippen LogP contribution >= 0.6 is 23.2 Å². The average Bonchev–Trinajstić information content (AvgIpc) is 2.82. The predicted molar refractivity (Wildman–Crippen MR) is 137 cm³/mol. The molecule has 0 spiro atoms. The molecule has 0 aromatic heterocycles. The molecule has 3 aromatic rings. The fraction of sp³-hybridized carbons (Fsp3) is 0.148. The third-order valence-corrected chi connectivity index (χ3v) is 6.39. The van der Waals surface area contributed by atoms with E-state index in [9.17, 15) is 18.8 Å². The molecule has 0 aliphatic carbocycles. The molecule has 1 aliphatic heterocycles. The second-order valence-corrected chi connectivity index (χ2v) is 8.88. The monoisotopic (exact) mass is 526 g/mol. The Morgan fingerprint density at radius 3 is 2.50 bits per heavy atom. The highest BCUT2D eigenvalue weighted by molar-refractivity contribution is 6.40. The van der Waals surface area contributed by atoms with E-state index in [2.05, 4.69) is 5.32 Å². The van der Waals surface area contributed by atoms with E-state index >= 15 is 0 Å². The Morgan fingerprint density at radius 1 is 1.03 bits per heavy atom. The van der Waals surface area contributed by atoms with Gasteiger partial charge in [0.25, 0.3) is 11.8 Å². The van der Waals surface area contributed by atoms with Gasteiger partial charge in [-0.3, -0.25) is 14.9 Å². The molecule has 1 aliphatic rings. The number of nitrogens with zero attached hydrogens (tertiary/aromatic N) is 1. The zero-order valence-electron chi connectivity index (χ0n) is 19.4. The number of hydrogen-bond acceptors (Lipinski definition) is 4. The first-order valence-electron chi connectivity index (χ1n) is 11.1. The minimum absolute atomic E-state index is 0.259. The van der Waals surface area contributed by atoms with Crippen LogP contribution < -0.4 is 15.0 Å². The standard InChI is InChI=1S/C27H21Cl2FN2O4/c1-3-36-24-14-17(13-22(29)19(24)11-16-6-4-7-18(30)10-16)12-20-25(33)31-27(35)32(26(20)34)23-9-5-8-21(28)15(23)2/h4-10,12-14H,3,11H2,1-2H3,(H,31,33,35)/b20-12+. The van der Waals surface area contributed by atoms with Gasteiger partial charge in [0, 0.05) is 22.0 Å². The fourth-order valence-corrected chi connectivity index (χ4v) is 4.36. The molecule has 1 N–H and O–H groups in total. The van der Waals surface area contributed by atoms with Gasteiger partial charge in [-0.05, 0) is 73.0 Å². The zero-order valence-corrected chi connectivity index (χ0v) is 20.9. The molecule has 4 rings (SSSR count). The zero-order chi connectivity index (χ0) is 26.0. The van der Waals surface area contributed by atoms with Crippen LogP contribution in [0.25, 0.3) is 6.08 Å². The molecule has 0 radical (unpaired) electrons. The van der Waals surface area contributed by atoms with E-state index in [0.717, 1.165) is 4.90 Å². The summed E-state index contributed by atoms with van der Waals surface area (Å²) < 4.78 is 19.4. The lowest BCUT2D eigenvalue weighted by Gasteiger charge is -2.27. The maximum Gasteiger partial charge on any atom is 0.335 e. The van der Waals surface area contributed by atoms with E-state index in [-0.39, 0.29) is 17.1 Å². The van der Waals surface area contributed by atoms with Crippen molar-refractivity contribution in [3.05, 3.63) is 98.3 Å². The van der Waals surface area contributed by atoms with E-state index in [1.807, 2.05) is 0 Å². The van der Waals surface area contributed by atoms with E-state index < -0.39 is 17.8 Å². The molecule has 0 bridgehead atoms. The summed E-state index contributed by atoms with van der Waals surface area (Å²) in [5.41, 5.74) is 2.28. The Balaban J connectivity index is 1.74. The number of carbonyl (C=O) groups is 3. The molecule has 6 nitrogen and oxygen atoms in total. The number of ether oxygens (including phenoxy) is 1. The summed E-state index contributed by atoms with van der Waals surface area (Å²) in [7, 11) is 0. The van der Waals surface area contributed by atoms with Gasteiger partial charge in [-0.25, -0.2) is 14.1 Å². The lowest BCUT2D eigenvalue weighted by atomic mass is 10.00. The van der Waals surface area contributed by atoms with Crippen molar-refractivity contribution in [3.8, 4) is 5.75 Å². The van der Waals surface area contributed by atoms with Gasteiger partial charge >= 0.3 is 6.03 Å². The second kappa shape index (κ2) is 10.5. The third-order valence-electron chi connectivity index (χ3n) is 5.64. The Hall–Kier alpha value is -3.68. The van der Waals surface area contributed by atoms with E-state index in [1.165, 1.54) is 18.2 Å². The third kappa shape index (κ3) is 5.12. The molecule has 9 heteroatoms. The lowest BCUT2D eigenvalue weighted by molar-refractivity contribution is -0.122. The van der Waals surface area contributed by atoms with Gasteiger partial charge in [0.2, 0.25) is 0 Å². The maximum absolute atomic E-state index is 13.7. The number of nitrogens with one attached hydrogen (secondary N) is 1. The van der Waals surface area contributed by atoms with Crippen LogP contribution in [0.5, 0.6) is 5.75 Å². The Morgan fingerprint density at radius 2 is 1.78 bits per heavy atom. The van der Waals surface area contributed by atoms with Gasteiger partial charge in [0.15, 0.2) is 0 Å². The number of benzene rings is 3. The summed E-state index contributed by atoms with van der Waals surface area (Å²) in [6.45, 7) is 3.81. The number of barbiturate groups is 1. The van der Waals surface area contributed by atoms with Crippen molar-refractivity contribution in [3.63, 3.8) is 0 Å². The van der Waals surface area contributed by atoms with Crippen molar-refractivity contribution in [1.82, 2.24) is 5.32 Å². The van der Waals surface area contributed by atoms with Crippen LogP contribution in [-0.2, 0) is 16.0 Å². The number of imide groups is 2. The molecule has 36 heavy (non-hydrogen) atoms. The molecule has 0 saturated carbocycles. The van der Waals surface area contributed by atoms with Crippen molar-refractivity contribution >= 4 is 52.8 Å². The molecule has 1 fully saturated rings. The largest absolute Gasteiger partial charge is 0.494 e. The van der Waals surface area contributed by atoms with Crippen molar-refractivity contribution in [2.45, 2.75) is 20.3 Å². The summed E-state index contributed by atoms with van der Waals surface area (Å²) in [6.07, 6.45) is 1.66. The van der Waals surface area contributed by atoms with Gasteiger partial charge in [-0.2, -0.15) is 0 Å². The topological polar surface area (TPSA) is 75.7 Å². The normalized spacial score (nSPS) is 14.9. The number of hydrogen-bond donors (Lipinski definition) is 1. The van der Waals surface area contributed by atoms with E-state index in [4.69, 9.17) is 27.9 Å². The first kappa shape index (κ1) is 25.4. The summed E-state index contributed by atoms with van der Waals surface area (Å²) in [5.74, 6) is -1.56. The van der Waals surface area contributed by atoms with Crippen molar-refractivity contribution < 1.29 is 23.5 Å².